The van der Waals surface area contributed by atoms with Gasteiger partial charge >= 0.3 is 0 Å². The minimum atomic E-state index is -2.06. The van der Waals surface area contributed by atoms with Crippen molar-refractivity contribution >= 4 is 6.08 Å². The molecule has 0 fully saturated rings. The topological polar surface area (TPSA) is 38.7 Å². The van der Waals surface area contributed by atoms with Gasteiger partial charge in [-0.15, -0.1) is 0 Å². The first-order valence-corrected chi connectivity index (χ1v) is 5.01. The zero-order valence-electron chi connectivity index (χ0n) is 9.53. The van der Waals surface area contributed by atoms with Crippen LogP contribution in [0.2, 0.25) is 0 Å². The van der Waals surface area contributed by atoms with Crippen molar-refractivity contribution in [2.75, 3.05) is 0 Å². The van der Waals surface area contributed by atoms with Gasteiger partial charge in [0, 0.05) is 5.56 Å². The Morgan fingerprint density at radius 1 is 1.50 bits per heavy atom. The normalized spacial score (nSPS) is 14.1. The molecule has 1 atom stereocenters. The van der Waals surface area contributed by atoms with Crippen LogP contribution in [0, 0.1) is 0 Å². The average Bonchev–Trinajstić information content (AvgIpc) is 2.17. The number of halogens is 1. The first-order valence-electron chi connectivity index (χ1n) is 5.01. The molecule has 0 radical (unpaired) electrons. The van der Waals surface area contributed by atoms with E-state index in [0.29, 0.717) is 5.75 Å². The van der Waals surface area contributed by atoms with Crippen molar-refractivity contribution in [2.24, 2.45) is 4.99 Å². The second kappa shape index (κ2) is 4.90. The van der Waals surface area contributed by atoms with E-state index in [4.69, 9.17) is 4.74 Å². The average molecular weight is 223 g/mol. The Labute approximate surface area is 94.0 Å². The number of ether oxygens (including phenoxy) is 1. The molecular formula is C12H14FNO2. The summed E-state index contributed by atoms with van der Waals surface area (Å²) in [7, 11) is 0. The summed E-state index contributed by atoms with van der Waals surface area (Å²) in [6.07, 6.45) is 1.24. The van der Waals surface area contributed by atoms with Gasteiger partial charge in [0.1, 0.15) is 5.75 Å². The molecule has 0 amide bonds. The molecule has 0 aromatic heterocycles. The Bertz CT molecular complexity index is 409. The largest absolute Gasteiger partial charge is 0.491 e. The third kappa shape index (κ3) is 3.17. The highest BCUT2D eigenvalue weighted by atomic mass is 19.1. The van der Waals surface area contributed by atoms with Crippen LogP contribution in [0.3, 0.4) is 0 Å². The Morgan fingerprint density at radius 2 is 2.19 bits per heavy atom. The molecule has 4 heteroatoms. The summed E-state index contributed by atoms with van der Waals surface area (Å²) in [5.41, 5.74) is 0.272. The molecule has 86 valence electrons. The lowest BCUT2D eigenvalue weighted by Gasteiger charge is -2.16. The molecule has 3 nitrogen and oxygen atoms in total. The van der Waals surface area contributed by atoms with Crippen LogP contribution in [0.15, 0.2) is 29.3 Å². The van der Waals surface area contributed by atoms with Gasteiger partial charge in [-0.25, -0.2) is 9.18 Å². The van der Waals surface area contributed by atoms with E-state index in [-0.39, 0.29) is 11.7 Å². The molecule has 0 spiro atoms. The number of benzene rings is 1. The highest BCUT2D eigenvalue weighted by Gasteiger charge is 2.25. The van der Waals surface area contributed by atoms with Crippen LogP contribution in [-0.2, 0) is 10.6 Å². The van der Waals surface area contributed by atoms with Crippen molar-refractivity contribution in [3.63, 3.8) is 0 Å². The van der Waals surface area contributed by atoms with Crippen LogP contribution in [0.1, 0.15) is 26.3 Å². The van der Waals surface area contributed by atoms with Crippen LogP contribution in [-0.4, -0.2) is 12.2 Å². The molecule has 0 heterocycles. The first-order chi connectivity index (χ1) is 7.45. The van der Waals surface area contributed by atoms with Crippen molar-refractivity contribution in [1.82, 2.24) is 0 Å². The van der Waals surface area contributed by atoms with E-state index in [9.17, 15) is 9.18 Å². The number of hydrogen-bond acceptors (Lipinski definition) is 3. The Balaban J connectivity index is 3.02. The second-order valence-electron chi connectivity index (χ2n) is 3.85. The van der Waals surface area contributed by atoms with Gasteiger partial charge in [-0.05, 0) is 32.9 Å². The van der Waals surface area contributed by atoms with Gasteiger partial charge in [0.2, 0.25) is 11.9 Å². The maximum absolute atomic E-state index is 13.9. The standard InChI is InChI=1S/C12H14FNO2/c1-9(2)16-11-6-4-5-10(7-11)12(3,13)14-8-15/h4-7,9H,1-3H3. The van der Waals surface area contributed by atoms with Crippen molar-refractivity contribution in [2.45, 2.75) is 32.7 Å². The molecule has 0 saturated carbocycles. The summed E-state index contributed by atoms with van der Waals surface area (Å²) in [5, 5.41) is 0. The number of alkyl halides is 1. The molecule has 0 aliphatic heterocycles. The summed E-state index contributed by atoms with van der Waals surface area (Å²) in [6.45, 7) is 4.96. The van der Waals surface area contributed by atoms with Gasteiger partial charge in [-0.3, -0.25) is 0 Å². The lowest BCUT2D eigenvalue weighted by molar-refractivity contribution is 0.202. The van der Waals surface area contributed by atoms with Crippen LogP contribution in [0.25, 0.3) is 0 Å². The van der Waals surface area contributed by atoms with Crippen molar-refractivity contribution in [3.05, 3.63) is 29.8 Å². The molecule has 1 aromatic rings. The Kier molecular flexibility index (Phi) is 3.80. The predicted octanol–water partition coefficient (Wildman–Crippen LogP) is 2.95. The summed E-state index contributed by atoms with van der Waals surface area (Å²) in [5.74, 6) is -1.50. The third-order valence-corrected chi connectivity index (χ3v) is 1.99. The number of nitrogens with zero attached hydrogens (tertiary/aromatic N) is 1. The van der Waals surface area contributed by atoms with Gasteiger partial charge < -0.3 is 4.74 Å². The van der Waals surface area contributed by atoms with E-state index in [1.807, 2.05) is 13.8 Å². The lowest BCUT2D eigenvalue weighted by Crippen LogP contribution is -2.12. The molecule has 0 saturated heterocycles. The lowest BCUT2D eigenvalue weighted by atomic mass is 10.1. The number of carbonyl (C=O) groups excluding carboxylic acids is 1. The summed E-state index contributed by atoms with van der Waals surface area (Å²) in [6, 6.07) is 6.46. The van der Waals surface area contributed by atoms with Gasteiger partial charge in [0.15, 0.2) is 0 Å². The molecule has 16 heavy (non-hydrogen) atoms. The summed E-state index contributed by atoms with van der Waals surface area (Å²) in [4.78, 5) is 13.2. The number of hydrogen-bond donors (Lipinski definition) is 0. The van der Waals surface area contributed by atoms with Crippen LogP contribution >= 0.6 is 0 Å². The zero-order valence-corrected chi connectivity index (χ0v) is 9.53. The van der Waals surface area contributed by atoms with Crippen molar-refractivity contribution < 1.29 is 13.9 Å². The zero-order chi connectivity index (χ0) is 12.2. The van der Waals surface area contributed by atoms with Gasteiger partial charge in [-0.2, -0.15) is 4.99 Å². The molecule has 0 aliphatic carbocycles. The summed E-state index contributed by atoms with van der Waals surface area (Å²) < 4.78 is 19.3. The van der Waals surface area contributed by atoms with Gasteiger partial charge in [0.25, 0.3) is 0 Å². The predicted molar refractivity (Wildman–Crippen MR) is 58.8 cm³/mol. The maximum atomic E-state index is 13.9. The SMILES string of the molecule is CC(C)Oc1cccc(C(C)(F)N=C=O)c1. The highest BCUT2D eigenvalue weighted by Crippen LogP contribution is 2.29. The maximum Gasteiger partial charge on any atom is 0.238 e. The molecule has 1 unspecified atom stereocenters. The number of rotatable bonds is 4. The minimum absolute atomic E-state index is 0.00990. The van der Waals surface area contributed by atoms with E-state index in [2.05, 4.69) is 4.99 Å². The van der Waals surface area contributed by atoms with Crippen molar-refractivity contribution in [1.29, 1.82) is 0 Å². The van der Waals surface area contributed by atoms with E-state index < -0.39 is 5.79 Å². The van der Waals surface area contributed by atoms with E-state index in [1.54, 1.807) is 18.2 Å². The number of aliphatic imine (C=N–C) groups is 1. The molecule has 0 aliphatic rings. The molecule has 1 rings (SSSR count). The fraction of sp³-hybridized carbons (Fsp3) is 0.417. The second-order valence-corrected chi connectivity index (χ2v) is 3.85. The molecule has 1 aromatic carbocycles. The first kappa shape index (κ1) is 12.4. The Morgan fingerprint density at radius 3 is 2.75 bits per heavy atom. The Hall–Kier alpha value is -1.67. The van der Waals surface area contributed by atoms with Crippen LogP contribution in [0.5, 0.6) is 5.75 Å². The fourth-order valence-electron chi connectivity index (χ4n) is 1.28. The monoisotopic (exact) mass is 223 g/mol. The summed E-state index contributed by atoms with van der Waals surface area (Å²) >= 11 is 0. The van der Waals surface area contributed by atoms with E-state index in [0.717, 1.165) is 0 Å². The van der Waals surface area contributed by atoms with E-state index >= 15 is 0 Å². The van der Waals surface area contributed by atoms with Crippen LogP contribution in [0.4, 0.5) is 4.39 Å². The third-order valence-electron chi connectivity index (χ3n) is 1.99. The molecule has 0 bridgehead atoms. The van der Waals surface area contributed by atoms with Gasteiger partial charge in [-0.1, -0.05) is 12.1 Å². The van der Waals surface area contributed by atoms with Crippen LogP contribution < -0.4 is 4.74 Å². The van der Waals surface area contributed by atoms with Crippen molar-refractivity contribution in [3.8, 4) is 5.75 Å². The molecule has 0 N–H and O–H groups in total. The highest BCUT2D eigenvalue weighted by molar-refractivity contribution is 5.38. The quantitative estimate of drug-likeness (QED) is 0.447. The smallest absolute Gasteiger partial charge is 0.238 e. The fourth-order valence-corrected chi connectivity index (χ4v) is 1.28. The number of isocyanates is 1. The minimum Gasteiger partial charge on any atom is -0.491 e. The molecular weight excluding hydrogens is 209 g/mol. The van der Waals surface area contributed by atoms with Gasteiger partial charge in [0.05, 0.1) is 6.10 Å². The van der Waals surface area contributed by atoms with E-state index in [1.165, 1.54) is 19.1 Å².